The minimum atomic E-state index is 0.514. The quantitative estimate of drug-likeness (QED) is 0.668. The summed E-state index contributed by atoms with van der Waals surface area (Å²) >= 11 is 0. The highest BCUT2D eigenvalue weighted by Gasteiger charge is 2.36. The zero-order valence-electron chi connectivity index (χ0n) is 17.5. The molecule has 3 aliphatic heterocycles. The van der Waals surface area contributed by atoms with Crippen molar-refractivity contribution >= 4 is 29.4 Å². The molecule has 0 amide bonds. The van der Waals surface area contributed by atoms with Crippen molar-refractivity contribution < 1.29 is 0 Å². The number of nitrogens with zero attached hydrogens (tertiary/aromatic N) is 4. The number of fused-ring (bicyclic) bond motifs is 2. The van der Waals surface area contributed by atoms with Crippen molar-refractivity contribution in [3.63, 3.8) is 0 Å². The number of piperidine rings is 1. The molecule has 6 heteroatoms. The van der Waals surface area contributed by atoms with Crippen LogP contribution in [0.15, 0.2) is 59.7 Å². The van der Waals surface area contributed by atoms with Crippen molar-refractivity contribution in [3.05, 3.63) is 71.4 Å². The van der Waals surface area contributed by atoms with E-state index in [1.807, 2.05) is 18.5 Å². The van der Waals surface area contributed by atoms with Crippen LogP contribution in [-0.4, -0.2) is 35.8 Å². The number of aliphatic imine (C=N–C) groups is 1. The van der Waals surface area contributed by atoms with Gasteiger partial charge in [0, 0.05) is 36.2 Å². The van der Waals surface area contributed by atoms with Gasteiger partial charge in [-0.05, 0) is 72.8 Å². The zero-order chi connectivity index (χ0) is 20.6. The molecule has 0 aliphatic carbocycles. The van der Waals surface area contributed by atoms with Gasteiger partial charge in [0.05, 0.1) is 6.54 Å². The molecule has 6 rings (SSSR count). The molecule has 1 fully saturated rings. The van der Waals surface area contributed by atoms with Gasteiger partial charge < -0.3 is 15.5 Å². The highest BCUT2D eigenvalue weighted by atomic mass is 15.3. The molecule has 31 heavy (non-hydrogen) atoms. The van der Waals surface area contributed by atoms with Gasteiger partial charge in [-0.25, -0.2) is 4.98 Å². The maximum atomic E-state index is 4.88. The van der Waals surface area contributed by atoms with Gasteiger partial charge in [0.25, 0.3) is 0 Å². The van der Waals surface area contributed by atoms with Gasteiger partial charge in [-0.15, -0.1) is 0 Å². The summed E-state index contributed by atoms with van der Waals surface area (Å²) in [6.07, 6.45) is 6.32. The molecular weight excluding hydrogens is 384 g/mol. The van der Waals surface area contributed by atoms with Crippen molar-refractivity contribution in [2.75, 3.05) is 29.9 Å². The summed E-state index contributed by atoms with van der Waals surface area (Å²) < 4.78 is 0. The number of benzene rings is 2. The molecule has 0 radical (unpaired) electrons. The molecule has 2 aromatic carbocycles. The van der Waals surface area contributed by atoms with Gasteiger partial charge in [-0.2, -0.15) is 4.98 Å². The molecule has 2 N–H and O–H groups in total. The Morgan fingerprint density at radius 1 is 1.10 bits per heavy atom. The fourth-order valence-electron chi connectivity index (χ4n) is 5.13. The van der Waals surface area contributed by atoms with Crippen LogP contribution < -0.4 is 15.5 Å². The first kappa shape index (κ1) is 18.5. The average Bonchev–Trinajstić information content (AvgIpc) is 3.44. The maximum Gasteiger partial charge on any atom is 0.231 e. The summed E-state index contributed by atoms with van der Waals surface area (Å²) in [4.78, 5) is 16.1. The monoisotopic (exact) mass is 410 g/mol. The molecule has 0 bridgehead atoms. The summed E-state index contributed by atoms with van der Waals surface area (Å²) in [7, 11) is 0. The molecule has 156 valence electrons. The molecule has 6 nitrogen and oxygen atoms in total. The lowest BCUT2D eigenvalue weighted by atomic mass is 9.83. The molecule has 3 aromatic rings. The van der Waals surface area contributed by atoms with Crippen LogP contribution in [0.4, 0.5) is 23.1 Å². The Hall–Kier alpha value is -3.25. The number of hydrogen-bond donors (Lipinski definition) is 2. The van der Waals surface area contributed by atoms with E-state index in [-0.39, 0.29) is 0 Å². The molecule has 1 aromatic heterocycles. The smallest absolute Gasteiger partial charge is 0.231 e. The van der Waals surface area contributed by atoms with Crippen LogP contribution in [0.3, 0.4) is 0 Å². The van der Waals surface area contributed by atoms with Crippen LogP contribution in [0.5, 0.6) is 0 Å². The third-order valence-electron chi connectivity index (χ3n) is 6.70. The highest BCUT2D eigenvalue weighted by molar-refractivity contribution is 5.86. The fraction of sp³-hybridized carbons (Fsp3) is 0.320. The Balaban J connectivity index is 1.28. The van der Waals surface area contributed by atoms with Crippen molar-refractivity contribution in [3.8, 4) is 0 Å². The lowest BCUT2D eigenvalue weighted by molar-refractivity contribution is 0.331. The van der Waals surface area contributed by atoms with E-state index in [2.05, 4.69) is 68.0 Å². The van der Waals surface area contributed by atoms with Gasteiger partial charge in [-0.1, -0.05) is 24.3 Å². The van der Waals surface area contributed by atoms with Crippen molar-refractivity contribution in [2.45, 2.75) is 25.3 Å². The van der Waals surface area contributed by atoms with Crippen LogP contribution in [0, 0.1) is 5.92 Å². The van der Waals surface area contributed by atoms with Gasteiger partial charge in [0.15, 0.2) is 0 Å². The fourth-order valence-corrected chi connectivity index (χ4v) is 5.13. The second-order valence-corrected chi connectivity index (χ2v) is 8.63. The van der Waals surface area contributed by atoms with Crippen molar-refractivity contribution in [2.24, 2.45) is 10.9 Å². The maximum absolute atomic E-state index is 4.88. The zero-order valence-corrected chi connectivity index (χ0v) is 17.5. The van der Waals surface area contributed by atoms with E-state index in [4.69, 9.17) is 4.98 Å². The van der Waals surface area contributed by atoms with E-state index in [0.717, 1.165) is 43.6 Å². The first-order chi connectivity index (χ1) is 15.3. The number of nitrogens with one attached hydrogen (secondary N) is 2. The van der Waals surface area contributed by atoms with Crippen LogP contribution in [0.1, 0.15) is 35.4 Å². The summed E-state index contributed by atoms with van der Waals surface area (Å²) in [6.45, 7) is 3.95. The van der Waals surface area contributed by atoms with E-state index < -0.39 is 0 Å². The third-order valence-corrected chi connectivity index (χ3v) is 6.70. The van der Waals surface area contributed by atoms with Crippen LogP contribution in [-0.2, 0) is 6.54 Å². The Kier molecular flexibility index (Phi) is 4.65. The van der Waals surface area contributed by atoms with E-state index in [1.54, 1.807) is 0 Å². The van der Waals surface area contributed by atoms with E-state index in [0.29, 0.717) is 11.8 Å². The minimum Gasteiger partial charge on any atom is -0.340 e. The lowest BCUT2D eigenvalue weighted by Gasteiger charge is -2.28. The third kappa shape index (κ3) is 3.47. The van der Waals surface area contributed by atoms with E-state index in [9.17, 15) is 0 Å². The van der Waals surface area contributed by atoms with Crippen LogP contribution in [0.2, 0.25) is 0 Å². The largest absolute Gasteiger partial charge is 0.340 e. The number of hydrogen-bond acceptors (Lipinski definition) is 6. The molecular formula is C25H26N6. The normalized spacial score (nSPS) is 21.7. The summed E-state index contributed by atoms with van der Waals surface area (Å²) in [5, 5.41) is 7.03. The van der Waals surface area contributed by atoms with Crippen molar-refractivity contribution in [1.29, 1.82) is 0 Å². The molecule has 0 saturated carbocycles. The molecule has 2 unspecified atom stereocenters. The summed E-state index contributed by atoms with van der Waals surface area (Å²) in [5.74, 6) is 2.74. The topological polar surface area (TPSA) is 65.4 Å². The minimum absolute atomic E-state index is 0.514. The average molecular weight is 411 g/mol. The number of para-hydroxylation sites is 1. The molecule has 2 atom stereocenters. The second kappa shape index (κ2) is 7.78. The van der Waals surface area contributed by atoms with Gasteiger partial charge in [0.2, 0.25) is 5.95 Å². The first-order valence-corrected chi connectivity index (χ1v) is 11.2. The SMILES string of the molecule is C1=NCc2ccc(Nc3ccnc(N4CC(C5CCCNC5)c5ccccc54)n3)cc21. The standard InChI is InChI=1S/C25H26N6/c1-2-6-23-21(5-1)22(18-4-3-10-26-14-18)16-31(23)25-28-11-9-24(30-25)29-20-8-7-17-13-27-15-19(17)12-20/h1-2,5-9,11-12,15,18,22,26H,3-4,10,13-14,16H2,(H,28,29,30). The second-order valence-electron chi connectivity index (χ2n) is 8.63. The first-order valence-electron chi connectivity index (χ1n) is 11.2. The van der Waals surface area contributed by atoms with Gasteiger partial charge in [0.1, 0.15) is 5.82 Å². The Morgan fingerprint density at radius 3 is 3.00 bits per heavy atom. The van der Waals surface area contributed by atoms with Crippen molar-refractivity contribution in [1.82, 2.24) is 15.3 Å². The Morgan fingerprint density at radius 2 is 2.06 bits per heavy atom. The lowest BCUT2D eigenvalue weighted by Crippen LogP contribution is -2.34. The van der Waals surface area contributed by atoms with Gasteiger partial charge in [-0.3, -0.25) is 4.99 Å². The van der Waals surface area contributed by atoms with E-state index >= 15 is 0 Å². The number of rotatable bonds is 4. The Labute approximate surface area is 182 Å². The summed E-state index contributed by atoms with van der Waals surface area (Å²) in [5.41, 5.74) is 6.13. The molecule has 1 saturated heterocycles. The van der Waals surface area contributed by atoms with Crippen LogP contribution >= 0.6 is 0 Å². The number of anilines is 4. The van der Waals surface area contributed by atoms with Gasteiger partial charge >= 0.3 is 0 Å². The molecule has 4 heterocycles. The Bertz CT molecular complexity index is 1130. The predicted octanol–water partition coefficient (Wildman–Crippen LogP) is 4.39. The molecule has 3 aliphatic rings. The predicted molar refractivity (Wildman–Crippen MR) is 125 cm³/mol. The van der Waals surface area contributed by atoms with Crippen LogP contribution in [0.25, 0.3) is 0 Å². The summed E-state index contributed by atoms with van der Waals surface area (Å²) in [6, 6.07) is 17.0. The highest BCUT2D eigenvalue weighted by Crippen LogP contribution is 2.44. The number of aromatic nitrogens is 2. The molecule has 0 spiro atoms. The van der Waals surface area contributed by atoms with E-state index in [1.165, 1.54) is 35.2 Å².